The normalized spacial score (nSPS) is 12.8. The molecule has 7 nitrogen and oxygen atoms in total. The summed E-state index contributed by atoms with van der Waals surface area (Å²) in [4.78, 5) is 14.6. The van der Waals surface area contributed by atoms with Gasteiger partial charge < -0.3 is 14.4 Å². The summed E-state index contributed by atoms with van der Waals surface area (Å²) in [5.41, 5.74) is 1.77. The van der Waals surface area contributed by atoms with Crippen molar-refractivity contribution in [1.82, 2.24) is 4.90 Å². The number of hydrogen-bond acceptors (Lipinski definition) is 5. The topological polar surface area (TPSA) is 84.9 Å². The van der Waals surface area contributed by atoms with Crippen molar-refractivity contribution < 1.29 is 22.7 Å². The minimum absolute atomic E-state index is 0.174. The van der Waals surface area contributed by atoms with Crippen molar-refractivity contribution >= 4 is 21.6 Å². The lowest BCUT2D eigenvalue weighted by atomic mass is 10.1. The number of nitrogens with zero attached hydrogens (tertiary/aromatic N) is 1. The van der Waals surface area contributed by atoms with Crippen LogP contribution in [0.3, 0.4) is 0 Å². The van der Waals surface area contributed by atoms with Crippen molar-refractivity contribution in [2.75, 3.05) is 25.0 Å². The number of anilines is 1. The molecule has 3 aromatic carbocycles. The fourth-order valence-corrected chi connectivity index (χ4v) is 4.33. The molecule has 0 unspecified atom stereocenters. The Morgan fingerprint density at radius 3 is 2.32 bits per heavy atom. The maximum absolute atomic E-state index is 12.8. The van der Waals surface area contributed by atoms with Gasteiger partial charge in [0.05, 0.1) is 4.90 Å². The maximum atomic E-state index is 12.8. The van der Waals surface area contributed by atoms with E-state index in [4.69, 9.17) is 9.47 Å². The quantitative estimate of drug-likeness (QED) is 0.636. The SMILES string of the molecule is CN(Cc1ccc2c(c1)OCCO2)C(=O)c1ccc(NS(=O)(=O)c2ccccc2)cc1. The van der Waals surface area contributed by atoms with Crippen molar-refractivity contribution in [1.29, 1.82) is 0 Å². The predicted molar refractivity (Wildman–Crippen MR) is 117 cm³/mol. The summed E-state index contributed by atoms with van der Waals surface area (Å²) in [7, 11) is -1.97. The molecule has 4 rings (SSSR count). The van der Waals surface area contributed by atoms with E-state index < -0.39 is 10.0 Å². The predicted octanol–water partition coefficient (Wildman–Crippen LogP) is 3.53. The number of benzene rings is 3. The highest BCUT2D eigenvalue weighted by Gasteiger charge is 2.17. The minimum Gasteiger partial charge on any atom is -0.486 e. The third kappa shape index (κ3) is 4.80. The van der Waals surface area contributed by atoms with E-state index in [1.54, 1.807) is 54.4 Å². The first-order valence-electron chi connectivity index (χ1n) is 9.74. The molecule has 0 saturated heterocycles. The Balaban J connectivity index is 1.42. The number of rotatable bonds is 6. The van der Waals surface area contributed by atoms with Crippen molar-refractivity contribution in [3.8, 4) is 11.5 Å². The number of nitrogens with one attached hydrogen (secondary N) is 1. The van der Waals surface area contributed by atoms with Crippen LogP contribution in [0.25, 0.3) is 0 Å². The lowest BCUT2D eigenvalue weighted by Crippen LogP contribution is -2.26. The summed E-state index contributed by atoms with van der Waals surface area (Å²) in [6, 6.07) is 20.1. The average molecular weight is 439 g/mol. The Kier molecular flexibility index (Phi) is 5.81. The van der Waals surface area contributed by atoms with Crippen LogP contribution in [-0.2, 0) is 16.6 Å². The summed E-state index contributed by atoms with van der Waals surface area (Å²) in [5.74, 6) is 1.21. The van der Waals surface area contributed by atoms with Gasteiger partial charge in [0.1, 0.15) is 13.2 Å². The molecule has 0 atom stereocenters. The highest BCUT2D eigenvalue weighted by Crippen LogP contribution is 2.31. The highest BCUT2D eigenvalue weighted by molar-refractivity contribution is 7.92. The summed E-state index contributed by atoms with van der Waals surface area (Å²) < 4.78 is 38.5. The van der Waals surface area contributed by atoms with E-state index >= 15 is 0 Å². The molecule has 0 saturated carbocycles. The summed E-state index contributed by atoms with van der Waals surface area (Å²) in [6.45, 7) is 1.44. The lowest BCUT2D eigenvalue weighted by Gasteiger charge is -2.21. The second kappa shape index (κ2) is 8.69. The van der Waals surface area contributed by atoms with Crippen LogP contribution in [0.15, 0.2) is 77.7 Å². The Hall–Kier alpha value is -3.52. The average Bonchev–Trinajstić information content (AvgIpc) is 2.79. The first-order chi connectivity index (χ1) is 14.9. The molecule has 1 amide bonds. The zero-order valence-electron chi connectivity index (χ0n) is 16.9. The molecule has 31 heavy (non-hydrogen) atoms. The smallest absolute Gasteiger partial charge is 0.261 e. The third-order valence-electron chi connectivity index (χ3n) is 4.81. The number of sulfonamides is 1. The van der Waals surface area contributed by atoms with E-state index in [2.05, 4.69) is 4.72 Å². The van der Waals surface area contributed by atoms with E-state index in [0.29, 0.717) is 42.5 Å². The van der Waals surface area contributed by atoms with Gasteiger partial charge in [-0.3, -0.25) is 9.52 Å². The number of fused-ring (bicyclic) bond motifs is 1. The van der Waals surface area contributed by atoms with Gasteiger partial charge in [0, 0.05) is 24.8 Å². The number of ether oxygens (including phenoxy) is 2. The van der Waals surface area contributed by atoms with Crippen molar-refractivity contribution in [2.24, 2.45) is 0 Å². The number of amides is 1. The van der Waals surface area contributed by atoms with E-state index in [-0.39, 0.29) is 10.8 Å². The van der Waals surface area contributed by atoms with Gasteiger partial charge in [0.15, 0.2) is 11.5 Å². The van der Waals surface area contributed by atoms with Crippen LogP contribution in [0.2, 0.25) is 0 Å². The van der Waals surface area contributed by atoms with Crippen LogP contribution in [0.4, 0.5) is 5.69 Å². The van der Waals surface area contributed by atoms with Crippen molar-refractivity contribution in [3.63, 3.8) is 0 Å². The Bertz CT molecular complexity index is 1180. The second-order valence-corrected chi connectivity index (χ2v) is 8.82. The molecule has 160 valence electrons. The molecule has 1 heterocycles. The van der Waals surface area contributed by atoms with Gasteiger partial charge in [-0.2, -0.15) is 0 Å². The van der Waals surface area contributed by atoms with Crippen molar-refractivity contribution in [2.45, 2.75) is 11.4 Å². The third-order valence-corrected chi connectivity index (χ3v) is 6.21. The lowest BCUT2D eigenvalue weighted by molar-refractivity contribution is 0.0785. The fraction of sp³-hybridized carbons (Fsp3) is 0.174. The fourth-order valence-electron chi connectivity index (χ4n) is 3.25. The van der Waals surface area contributed by atoms with Crippen molar-refractivity contribution in [3.05, 3.63) is 83.9 Å². The number of carbonyl (C=O) groups excluding carboxylic acids is 1. The molecular formula is C23H22N2O5S. The molecule has 0 radical (unpaired) electrons. The minimum atomic E-state index is -3.68. The summed E-state index contributed by atoms with van der Waals surface area (Å²) in [6.07, 6.45) is 0. The zero-order valence-corrected chi connectivity index (χ0v) is 17.8. The van der Waals surface area contributed by atoms with Gasteiger partial charge in [-0.1, -0.05) is 24.3 Å². The van der Waals surface area contributed by atoms with E-state index in [1.807, 2.05) is 18.2 Å². The van der Waals surface area contributed by atoms with Gasteiger partial charge in [0.25, 0.3) is 15.9 Å². The van der Waals surface area contributed by atoms with E-state index in [0.717, 1.165) is 5.56 Å². The van der Waals surface area contributed by atoms with Gasteiger partial charge in [-0.25, -0.2) is 8.42 Å². The largest absolute Gasteiger partial charge is 0.486 e. The maximum Gasteiger partial charge on any atom is 0.261 e. The van der Waals surface area contributed by atoms with Crippen LogP contribution in [-0.4, -0.2) is 39.5 Å². The molecule has 3 aromatic rings. The Morgan fingerprint density at radius 1 is 0.935 bits per heavy atom. The second-order valence-electron chi connectivity index (χ2n) is 7.14. The first-order valence-corrected chi connectivity index (χ1v) is 11.2. The van der Waals surface area contributed by atoms with Gasteiger partial charge in [-0.15, -0.1) is 0 Å². The molecule has 0 aliphatic carbocycles. The molecule has 0 bridgehead atoms. The molecule has 1 aliphatic heterocycles. The number of hydrogen-bond donors (Lipinski definition) is 1. The van der Waals surface area contributed by atoms with Crippen LogP contribution in [0, 0.1) is 0 Å². The molecule has 0 aromatic heterocycles. The first kappa shape index (κ1) is 20.7. The Labute approximate surface area is 181 Å². The summed E-state index contributed by atoms with van der Waals surface area (Å²) in [5, 5.41) is 0. The monoisotopic (exact) mass is 438 g/mol. The molecule has 0 fully saturated rings. The van der Waals surface area contributed by atoms with Crippen LogP contribution >= 0.6 is 0 Å². The standard InChI is InChI=1S/C23H22N2O5S/c1-25(16-17-7-12-21-22(15-17)30-14-13-29-21)23(26)18-8-10-19(11-9-18)24-31(27,28)20-5-3-2-4-6-20/h2-12,15,24H,13-14,16H2,1H3. The van der Waals surface area contributed by atoms with E-state index in [9.17, 15) is 13.2 Å². The van der Waals surface area contributed by atoms with Crippen LogP contribution in [0.1, 0.15) is 15.9 Å². The molecule has 1 aliphatic rings. The van der Waals surface area contributed by atoms with Crippen LogP contribution < -0.4 is 14.2 Å². The number of carbonyl (C=O) groups is 1. The Morgan fingerprint density at radius 2 is 1.61 bits per heavy atom. The molecular weight excluding hydrogens is 416 g/mol. The zero-order chi connectivity index (χ0) is 21.8. The summed E-state index contributed by atoms with van der Waals surface area (Å²) >= 11 is 0. The van der Waals surface area contributed by atoms with Crippen LogP contribution in [0.5, 0.6) is 11.5 Å². The van der Waals surface area contributed by atoms with Gasteiger partial charge >= 0.3 is 0 Å². The van der Waals surface area contributed by atoms with Gasteiger partial charge in [-0.05, 0) is 54.1 Å². The van der Waals surface area contributed by atoms with E-state index in [1.165, 1.54) is 12.1 Å². The molecule has 1 N–H and O–H groups in total. The molecule has 8 heteroatoms. The van der Waals surface area contributed by atoms with Gasteiger partial charge in [0.2, 0.25) is 0 Å². The highest BCUT2D eigenvalue weighted by atomic mass is 32.2. The molecule has 0 spiro atoms.